The van der Waals surface area contributed by atoms with Gasteiger partial charge in [-0.05, 0) is 92.2 Å². The molecular formula is C48H31NS. The van der Waals surface area contributed by atoms with E-state index in [1.807, 2.05) is 11.3 Å². The summed E-state index contributed by atoms with van der Waals surface area (Å²) >= 11 is 1.87. The molecule has 0 aliphatic heterocycles. The van der Waals surface area contributed by atoms with E-state index >= 15 is 0 Å². The Bertz CT molecular complexity index is 2870. The molecule has 0 fully saturated rings. The third-order valence-electron chi connectivity index (χ3n) is 10.0. The van der Waals surface area contributed by atoms with Crippen LogP contribution in [0.15, 0.2) is 188 Å². The summed E-state index contributed by atoms with van der Waals surface area (Å²) in [6, 6.07) is 68.7. The Morgan fingerprint density at radius 1 is 0.320 bits per heavy atom. The Kier molecular flexibility index (Phi) is 6.75. The first kappa shape index (κ1) is 28.8. The van der Waals surface area contributed by atoms with Crippen LogP contribution in [0, 0.1) is 0 Å². The molecule has 0 amide bonds. The van der Waals surface area contributed by atoms with E-state index in [4.69, 9.17) is 0 Å². The van der Waals surface area contributed by atoms with E-state index < -0.39 is 0 Å². The molecule has 9 aromatic carbocycles. The number of anilines is 3. The van der Waals surface area contributed by atoms with Crippen LogP contribution in [0.25, 0.3) is 74.7 Å². The van der Waals surface area contributed by atoms with Crippen LogP contribution in [0.3, 0.4) is 0 Å². The third-order valence-corrected chi connectivity index (χ3v) is 11.2. The van der Waals surface area contributed by atoms with Gasteiger partial charge in [0.25, 0.3) is 0 Å². The van der Waals surface area contributed by atoms with Crippen LogP contribution in [0.4, 0.5) is 17.1 Å². The molecule has 234 valence electrons. The van der Waals surface area contributed by atoms with E-state index in [0.717, 1.165) is 17.1 Å². The number of fused-ring (bicyclic) bond motifs is 7. The van der Waals surface area contributed by atoms with Crippen molar-refractivity contribution in [3.63, 3.8) is 0 Å². The van der Waals surface area contributed by atoms with Crippen molar-refractivity contribution < 1.29 is 0 Å². The first-order valence-electron chi connectivity index (χ1n) is 17.1. The number of rotatable bonds is 5. The van der Waals surface area contributed by atoms with Crippen LogP contribution >= 0.6 is 11.3 Å². The summed E-state index contributed by atoms with van der Waals surface area (Å²) in [4.78, 5) is 2.45. The lowest BCUT2D eigenvalue weighted by Crippen LogP contribution is -2.11. The summed E-state index contributed by atoms with van der Waals surface area (Å²) in [6.07, 6.45) is 0. The third kappa shape index (κ3) is 4.69. The molecule has 1 heterocycles. The second-order valence-corrected chi connectivity index (χ2v) is 14.0. The van der Waals surface area contributed by atoms with Gasteiger partial charge in [-0.2, -0.15) is 0 Å². The number of nitrogens with zero attached hydrogens (tertiary/aromatic N) is 1. The molecule has 10 aromatic rings. The van der Waals surface area contributed by atoms with Crippen LogP contribution in [-0.2, 0) is 0 Å². The predicted octanol–water partition coefficient (Wildman–Crippen LogP) is 14.3. The molecule has 2 heteroatoms. The summed E-state index contributed by atoms with van der Waals surface area (Å²) in [7, 11) is 0. The molecular weight excluding hydrogens is 623 g/mol. The topological polar surface area (TPSA) is 3.24 Å². The average Bonchev–Trinajstić information content (AvgIpc) is 3.55. The molecule has 10 rings (SSSR count). The van der Waals surface area contributed by atoms with E-state index in [2.05, 4.69) is 193 Å². The molecule has 0 radical (unpaired) electrons. The van der Waals surface area contributed by atoms with Gasteiger partial charge in [0.15, 0.2) is 0 Å². The number of hydrogen-bond acceptors (Lipinski definition) is 2. The van der Waals surface area contributed by atoms with Crippen LogP contribution in [0.2, 0.25) is 0 Å². The molecule has 0 unspecified atom stereocenters. The lowest BCUT2D eigenvalue weighted by atomic mass is 9.93. The largest absolute Gasteiger partial charge is 0.309 e. The quantitative estimate of drug-likeness (QED) is 0.167. The van der Waals surface area contributed by atoms with Crippen molar-refractivity contribution in [1.82, 2.24) is 0 Å². The lowest BCUT2D eigenvalue weighted by Gasteiger charge is -2.29. The van der Waals surface area contributed by atoms with Gasteiger partial charge in [0, 0.05) is 36.8 Å². The Labute approximate surface area is 294 Å². The molecule has 50 heavy (non-hydrogen) atoms. The first-order chi connectivity index (χ1) is 24.8. The molecule has 0 atom stereocenters. The van der Waals surface area contributed by atoms with Crippen molar-refractivity contribution in [1.29, 1.82) is 0 Å². The van der Waals surface area contributed by atoms with Gasteiger partial charge >= 0.3 is 0 Å². The van der Waals surface area contributed by atoms with Crippen LogP contribution < -0.4 is 4.90 Å². The SMILES string of the molecule is c1ccc(-c2ccccc2N(c2ccc(-c3cc4ccccc4c4ccccc34)cc2)c2cccc3cc4c(cc23)sc2ccccc24)cc1. The summed E-state index contributed by atoms with van der Waals surface area (Å²) in [5, 5.41) is 10.2. The van der Waals surface area contributed by atoms with E-state index in [1.54, 1.807) is 0 Å². The van der Waals surface area contributed by atoms with Gasteiger partial charge < -0.3 is 4.90 Å². The average molecular weight is 654 g/mol. The van der Waals surface area contributed by atoms with Crippen molar-refractivity contribution in [2.75, 3.05) is 4.90 Å². The fraction of sp³-hybridized carbons (Fsp3) is 0. The standard InChI is InChI=1S/C48H31NS/c1-2-13-32(14-3-1)38-18-8-10-22-45(38)49(46-23-12-16-35-30-44-41-21-9-11-24-47(41)50-48(44)31-43(35)46)36-27-25-33(26-28-36)42-29-34-15-4-5-17-37(34)39-19-6-7-20-40(39)42/h1-31H. The van der Waals surface area contributed by atoms with E-state index in [0.29, 0.717) is 0 Å². The van der Waals surface area contributed by atoms with Crippen LogP contribution in [0.5, 0.6) is 0 Å². The smallest absolute Gasteiger partial charge is 0.0540 e. The molecule has 1 aromatic heterocycles. The minimum atomic E-state index is 1.12. The summed E-state index contributed by atoms with van der Waals surface area (Å²) in [5.41, 5.74) is 8.26. The minimum absolute atomic E-state index is 1.12. The number of thiophene rings is 1. The van der Waals surface area contributed by atoms with Gasteiger partial charge in [0.1, 0.15) is 0 Å². The van der Waals surface area contributed by atoms with Gasteiger partial charge in [-0.1, -0.05) is 140 Å². The van der Waals surface area contributed by atoms with E-state index in [9.17, 15) is 0 Å². The Balaban J connectivity index is 1.20. The van der Waals surface area contributed by atoms with Crippen LogP contribution in [0.1, 0.15) is 0 Å². The van der Waals surface area contributed by atoms with Crippen molar-refractivity contribution in [2.24, 2.45) is 0 Å². The molecule has 1 nitrogen and oxygen atoms in total. The summed E-state index contributed by atoms with van der Waals surface area (Å²) in [6.45, 7) is 0. The predicted molar refractivity (Wildman–Crippen MR) is 217 cm³/mol. The maximum atomic E-state index is 2.45. The fourth-order valence-electron chi connectivity index (χ4n) is 7.70. The fourth-order valence-corrected chi connectivity index (χ4v) is 8.82. The van der Waals surface area contributed by atoms with Gasteiger partial charge in [-0.25, -0.2) is 0 Å². The molecule has 0 bridgehead atoms. The second-order valence-electron chi connectivity index (χ2n) is 12.9. The van der Waals surface area contributed by atoms with Gasteiger partial charge in [0.2, 0.25) is 0 Å². The van der Waals surface area contributed by atoms with Gasteiger partial charge in [0.05, 0.1) is 11.4 Å². The van der Waals surface area contributed by atoms with E-state index in [1.165, 1.54) is 74.7 Å². The zero-order valence-corrected chi connectivity index (χ0v) is 28.1. The zero-order valence-electron chi connectivity index (χ0n) is 27.3. The van der Waals surface area contributed by atoms with Crippen LogP contribution in [-0.4, -0.2) is 0 Å². The lowest BCUT2D eigenvalue weighted by molar-refractivity contribution is 1.30. The second kappa shape index (κ2) is 11.7. The van der Waals surface area contributed by atoms with Crippen molar-refractivity contribution >= 4 is 80.9 Å². The van der Waals surface area contributed by atoms with Gasteiger partial charge in [-0.15, -0.1) is 11.3 Å². The maximum absolute atomic E-state index is 2.45. The normalized spacial score (nSPS) is 11.6. The Morgan fingerprint density at radius 3 is 1.80 bits per heavy atom. The maximum Gasteiger partial charge on any atom is 0.0540 e. The van der Waals surface area contributed by atoms with Crippen molar-refractivity contribution in [3.8, 4) is 22.3 Å². The molecule has 0 aliphatic carbocycles. The molecule has 0 spiro atoms. The number of para-hydroxylation sites is 1. The minimum Gasteiger partial charge on any atom is -0.309 e. The highest BCUT2D eigenvalue weighted by Crippen LogP contribution is 2.46. The Hall–Kier alpha value is -6.22. The monoisotopic (exact) mass is 653 g/mol. The first-order valence-corrected chi connectivity index (χ1v) is 17.9. The number of hydrogen-bond donors (Lipinski definition) is 0. The highest BCUT2D eigenvalue weighted by molar-refractivity contribution is 7.25. The van der Waals surface area contributed by atoms with Crippen molar-refractivity contribution in [3.05, 3.63) is 188 Å². The molecule has 0 aliphatic rings. The van der Waals surface area contributed by atoms with Gasteiger partial charge in [-0.3, -0.25) is 0 Å². The molecule has 0 saturated carbocycles. The van der Waals surface area contributed by atoms with Crippen molar-refractivity contribution in [2.45, 2.75) is 0 Å². The van der Waals surface area contributed by atoms with E-state index in [-0.39, 0.29) is 0 Å². The summed E-state index contributed by atoms with van der Waals surface area (Å²) < 4.78 is 2.63. The molecule has 0 N–H and O–H groups in total. The number of benzene rings is 9. The highest BCUT2D eigenvalue weighted by atomic mass is 32.1. The zero-order chi connectivity index (χ0) is 33.0. The Morgan fingerprint density at radius 2 is 0.940 bits per heavy atom. The molecule has 0 saturated heterocycles. The summed E-state index contributed by atoms with van der Waals surface area (Å²) in [5.74, 6) is 0. The highest BCUT2D eigenvalue weighted by Gasteiger charge is 2.20.